The van der Waals surface area contributed by atoms with Crippen LogP contribution in [0.2, 0.25) is 0 Å². The highest BCUT2D eigenvalue weighted by Gasteiger charge is 2.60. The highest BCUT2D eigenvalue weighted by atomic mass is 16.7. The number of methoxy groups -OCH3 is 2. The maximum Gasteiger partial charge on any atom is 0.266 e. The van der Waals surface area contributed by atoms with E-state index in [2.05, 4.69) is 6.92 Å². The van der Waals surface area contributed by atoms with Crippen LogP contribution in [-0.4, -0.2) is 38.7 Å². The minimum Gasteiger partial charge on any atom is -0.495 e. The van der Waals surface area contributed by atoms with Gasteiger partial charge >= 0.3 is 0 Å². The van der Waals surface area contributed by atoms with E-state index in [-0.39, 0.29) is 5.91 Å². The molecule has 2 aliphatic heterocycles. The van der Waals surface area contributed by atoms with E-state index in [1.54, 1.807) is 36.4 Å². The van der Waals surface area contributed by atoms with Gasteiger partial charge in [0.15, 0.2) is 17.6 Å². The first kappa shape index (κ1) is 24.6. The number of benzene rings is 3. The van der Waals surface area contributed by atoms with E-state index in [1.807, 2.05) is 48.5 Å². The number of nitrogens with zero attached hydrogens (tertiary/aromatic N) is 2. The molecule has 3 atom stereocenters. The third kappa shape index (κ3) is 4.38. The standard InChI is InChI=1S/C29H30N2O6/c1-4-5-17-36-23-16-15-19(18-24(23)35-3)26-25-27(37-31(26)20-11-7-6-8-12-20)29(33)30(28(25)32)21-13-9-10-14-22(21)34-2/h6-16,18,25-27H,4-5,17H2,1-3H3/t25-,26-,27+/m1/s1. The molecule has 2 aliphatic rings. The van der Waals surface area contributed by atoms with Gasteiger partial charge in [0, 0.05) is 0 Å². The van der Waals surface area contributed by atoms with Crippen LogP contribution in [-0.2, 0) is 14.4 Å². The molecule has 0 N–H and O–H groups in total. The molecule has 37 heavy (non-hydrogen) atoms. The molecule has 8 nitrogen and oxygen atoms in total. The lowest BCUT2D eigenvalue weighted by molar-refractivity contribution is -0.126. The average molecular weight is 503 g/mol. The van der Waals surface area contributed by atoms with E-state index < -0.39 is 24.0 Å². The van der Waals surface area contributed by atoms with Gasteiger partial charge in [-0.2, -0.15) is 0 Å². The maximum atomic E-state index is 13.9. The second-order valence-corrected chi connectivity index (χ2v) is 8.95. The van der Waals surface area contributed by atoms with Crippen molar-refractivity contribution in [1.82, 2.24) is 0 Å². The lowest BCUT2D eigenvalue weighted by Gasteiger charge is -2.29. The van der Waals surface area contributed by atoms with E-state index in [4.69, 9.17) is 19.0 Å². The molecule has 0 bridgehead atoms. The average Bonchev–Trinajstić information content (AvgIpc) is 3.45. The number of ether oxygens (including phenoxy) is 3. The van der Waals surface area contributed by atoms with Crippen LogP contribution in [0, 0.1) is 5.92 Å². The summed E-state index contributed by atoms with van der Waals surface area (Å²) in [6.45, 7) is 2.69. The predicted molar refractivity (Wildman–Crippen MR) is 139 cm³/mol. The second-order valence-electron chi connectivity index (χ2n) is 8.95. The Bertz CT molecular complexity index is 1280. The van der Waals surface area contributed by atoms with Crippen LogP contribution in [0.3, 0.4) is 0 Å². The van der Waals surface area contributed by atoms with Gasteiger partial charge in [-0.25, -0.2) is 9.96 Å². The van der Waals surface area contributed by atoms with Crippen molar-refractivity contribution < 1.29 is 28.6 Å². The SMILES string of the molecule is CCCCOc1ccc([C@@H]2[C@H]3C(=O)N(c4ccccc4OC)C(=O)[C@H]3ON2c2ccccc2)cc1OC. The molecule has 0 aromatic heterocycles. The van der Waals surface area contributed by atoms with E-state index in [0.29, 0.717) is 29.5 Å². The van der Waals surface area contributed by atoms with Crippen molar-refractivity contribution in [2.45, 2.75) is 31.9 Å². The Morgan fingerprint density at radius 3 is 2.30 bits per heavy atom. The quantitative estimate of drug-likeness (QED) is 0.303. The molecule has 3 aromatic rings. The molecule has 0 unspecified atom stereocenters. The molecule has 2 fully saturated rings. The highest BCUT2D eigenvalue weighted by molar-refractivity contribution is 6.24. The summed E-state index contributed by atoms with van der Waals surface area (Å²) >= 11 is 0. The topological polar surface area (TPSA) is 77.5 Å². The van der Waals surface area contributed by atoms with Crippen LogP contribution in [0.1, 0.15) is 31.4 Å². The Morgan fingerprint density at radius 2 is 1.57 bits per heavy atom. The first-order valence-electron chi connectivity index (χ1n) is 12.4. The summed E-state index contributed by atoms with van der Waals surface area (Å²) in [5.74, 6) is 0.0963. The number of hydroxylamine groups is 1. The van der Waals surface area contributed by atoms with Crippen molar-refractivity contribution in [3.8, 4) is 17.2 Å². The second kappa shape index (κ2) is 10.5. The van der Waals surface area contributed by atoms with E-state index in [1.165, 1.54) is 12.0 Å². The van der Waals surface area contributed by atoms with E-state index in [9.17, 15) is 9.59 Å². The van der Waals surface area contributed by atoms with Gasteiger partial charge in [0.1, 0.15) is 11.7 Å². The van der Waals surface area contributed by atoms with Gasteiger partial charge in [0.25, 0.3) is 5.91 Å². The van der Waals surface area contributed by atoms with Crippen molar-refractivity contribution in [1.29, 1.82) is 0 Å². The Hall–Kier alpha value is -4.04. The number of rotatable bonds is 9. The summed E-state index contributed by atoms with van der Waals surface area (Å²) in [6, 6.07) is 21.5. The molecule has 8 heteroatoms. The van der Waals surface area contributed by atoms with E-state index >= 15 is 0 Å². The van der Waals surface area contributed by atoms with Gasteiger partial charge in [-0.1, -0.05) is 49.7 Å². The largest absolute Gasteiger partial charge is 0.495 e. The molecule has 2 saturated heterocycles. The molecular formula is C29H30N2O6. The predicted octanol–water partition coefficient (Wildman–Crippen LogP) is 4.93. The number of para-hydroxylation sites is 3. The number of hydrogen-bond acceptors (Lipinski definition) is 7. The smallest absolute Gasteiger partial charge is 0.266 e. The third-order valence-corrected chi connectivity index (χ3v) is 6.74. The zero-order valence-corrected chi connectivity index (χ0v) is 21.1. The first-order valence-corrected chi connectivity index (χ1v) is 12.4. The number of amides is 2. The Balaban J connectivity index is 1.56. The van der Waals surface area contributed by atoms with Crippen LogP contribution in [0.25, 0.3) is 0 Å². The number of carbonyl (C=O) groups is 2. The van der Waals surface area contributed by atoms with Crippen molar-refractivity contribution in [2.75, 3.05) is 30.8 Å². The Labute approximate surface area is 216 Å². The van der Waals surface area contributed by atoms with Crippen molar-refractivity contribution in [3.05, 3.63) is 78.4 Å². The zero-order chi connectivity index (χ0) is 25.9. The number of unbranched alkanes of at least 4 members (excludes halogenated alkanes) is 1. The lowest BCUT2D eigenvalue weighted by atomic mass is 9.90. The minimum absolute atomic E-state index is 0.342. The minimum atomic E-state index is -0.978. The van der Waals surface area contributed by atoms with Gasteiger partial charge in [-0.15, -0.1) is 0 Å². The first-order chi connectivity index (χ1) is 18.1. The number of fused-ring (bicyclic) bond motifs is 1. The monoisotopic (exact) mass is 502 g/mol. The van der Waals surface area contributed by atoms with Crippen LogP contribution in [0.4, 0.5) is 11.4 Å². The molecule has 0 saturated carbocycles. The fourth-order valence-corrected chi connectivity index (χ4v) is 4.92. The summed E-state index contributed by atoms with van der Waals surface area (Å²) in [7, 11) is 3.10. The summed E-state index contributed by atoms with van der Waals surface area (Å²) in [4.78, 5) is 34.9. The fraction of sp³-hybridized carbons (Fsp3) is 0.310. The van der Waals surface area contributed by atoms with Gasteiger partial charge < -0.3 is 14.2 Å². The van der Waals surface area contributed by atoms with Gasteiger partial charge in [0.2, 0.25) is 5.91 Å². The summed E-state index contributed by atoms with van der Waals surface area (Å²) in [6.07, 6.45) is 0.977. The molecule has 0 spiro atoms. The molecule has 0 radical (unpaired) electrons. The zero-order valence-electron chi connectivity index (χ0n) is 21.1. The summed E-state index contributed by atoms with van der Waals surface area (Å²) < 4.78 is 17.0. The summed E-state index contributed by atoms with van der Waals surface area (Å²) in [5, 5.41) is 1.66. The van der Waals surface area contributed by atoms with Crippen molar-refractivity contribution in [2.24, 2.45) is 5.92 Å². The Kier molecular flexibility index (Phi) is 7.01. The number of hydrogen-bond donors (Lipinski definition) is 0. The molecule has 3 aromatic carbocycles. The van der Waals surface area contributed by atoms with Crippen molar-refractivity contribution >= 4 is 23.2 Å². The molecule has 192 valence electrons. The number of imide groups is 1. The van der Waals surface area contributed by atoms with Crippen molar-refractivity contribution in [3.63, 3.8) is 0 Å². The van der Waals surface area contributed by atoms with Crippen LogP contribution in [0.5, 0.6) is 17.2 Å². The van der Waals surface area contributed by atoms with Crippen LogP contribution < -0.4 is 24.2 Å². The van der Waals surface area contributed by atoms with Gasteiger partial charge in [-0.05, 0) is 48.4 Å². The lowest BCUT2D eigenvalue weighted by Crippen LogP contribution is -2.37. The summed E-state index contributed by atoms with van der Waals surface area (Å²) in [5.41, 5.74) is 1.92. The molecular weight excluding hydrogens is 472 g/mol. The molecule has 2 amide bonds. The molecule has 0 aliphatic carbocycles. The highest BCUT2D eigenvalue weighted by Crippen LogP contribution is 2.49. The number of anilines is 2. The Morgan fingerprint density at radius 1 is 0.838 bits per heavy atom. The normalized spacial score (nSPS) is 20.8. The molecule has 2 heterocycles. The molecule has 5 rings (SSSR count). The fourth-order valence-electron chi connectivity index (χ4n) is 4.92. The van der Waals surface area contributed by atoms with Gasteiger partial charge in [-0.3, -0.25) is 14.4 Å². The van der Waals surface area contributed by atoms with Crippen LogP contribution in [0.15, 0.2) is 72.8 Å². The van der Waals surface area contributed by atoms with E-state index in [0.717, 1.165) is 24.1 Å². The third-order valence-electron chi connectivity index (χ3n) is 6.74. The van der Waals surface area contributed by atoms with Crippen LogP contribution >= 0.6 is 0 Å². The maximum absolute atomic E-state index is 13.9. The van der Waals surface area contributed by atoms with Gasteiger partial charge in [0.05, 0.1) is 38.2 Å². The number of carbonyl (C=O) groups excluding carboxylic acids is 2.